The van der Waals surface area contributed by atoms with Crippen molar-refractivity contribution in [2.24, 2.45) is 0 Å². The molecule has 1 atom stereocenters. The molecule has 0 spiro atoms. The van der Waals surface area contributed by atoms with Crippen molar-refractivity contribution in [3.05, 3.63) is 21.7 Å². The van der Waals surface area contributed by atoms with Crippen LogP contribution in [0.4, 0.5) is 0 Å². The zero-order valence-corrected chi connectivity index (χ0v) is 12.2. The van der Waals surface area contributed by atoms with Gasteiger partial charge in [-0.2, -0.15) is 0 Å². The smallest absolute Gasteiger partial charge is 0.167 e. The van der Waals surface area contributed by atoms with Crippen LogP contribution in [0.2, 0.25) is 0 Å². The molecule has 2 aliphatic rings. The number of fused-ring (bicyclic) bond motifs is 3. The summed E-state index contributed by atoms with van der Waals surface area (Å²) in [7, 11) is 0. The van der Waals surface area contributed by atoms with Gasteiger partial charge < -0.3 is 14.6 Å². The number of aliphatic hydroxyl groups excluding tert-OH is 1. The van der Waals surface area contributed by atoms with Crippen molar-refractivity contribution >= 4 is 15.9 Å². The summed E-state index contributed by atoms with van der Waals surface area (Å²) in [6.07, 6.45) is 1.13. The van der Waals surface area contributed by atoms with E-state index in [2.05, 4.69) is 29.8 Å². The molecule has 1 aliphatic heterocycles. The molecular weight excluding hydrogens is 296 g/mol. The second-order valence-corrected chi connectivity index (χ2v) is 6.48. The van der Waals surface area contributed by atoms with Gasteiger partial charge in [-0.1, -0.05) is 29.8 Å². The van der Waals surface area contributed by atoms with Crippen molar-refractivity contribution in [1.29, 1.82) is 0 Å². The van der Waals surface area contributed by atoms with Crippen LogP contribution in [0.1, 0.15) is 43.9 Å². The quantitative estimate of drug-likeness (QED) is 0.798. The highest BCUT2D eigenvalue weighted by Gasteiger charge is 2.41. The number of hydrogen-bond acceptors (Lipinski definition) is 3. The van der Waals surface area contributed by atoms with Gasteiger partial charge in [-0.25, -0.2) is 0 Å². The van der Waals surface area contributed by atoms with Crippen molar-refractivity contribution in [2.75, 3.05) is 13.2 Å². The Morgan fingerprint density at radius 1 is 1.33 bits per heavy atom. The van der Waals surface area contributed by atoms with Crippen LogP contribution in [0.5, 0.6) is 11.5 Å². The van der Waals surface area contributed by atoms with E-state index >= 15 is 0 Å². The lowest BCUT2D eigenvalue weighted by molar-refractivity contribution is 0.157. The average Bonchev–Trinajstić information content (AvgIpc) is 2.46. The van der Waals surface area contributed by atoms with Crippen LogP contribution in [0, 0.1) is 0 Å². The molecule has 1 aromatic carbocycles. The first-order chi connectivity index (χ1) is 8.50. The topological polar surface area (TPSA) is 38.7 Å². The molecule has 0 saturated carbocycles. The predicted molar refractivity (Wildman–Crippen MR) is 72.4 cm³/mol. The van der Waals surface area contributed by atoms with Gasteiger partial charge in [-0.05, 0) is 23.5 Å². The average molecular weight is 313 g/mol. The summed E-state index contributed by atoms with van der Waals surface area (Å²) in [5.41, 5.74) is 2.02. The number of hydrogen-bond donors (Lipinski definition) is 1. The fraction of sp³-hybridized carbons (Fsp3) is 0.571. The van der Waals surface area contributed by atoms with E-state index in [9.17, 15) is 5.11 Å². The molecular formula is C14H17BrO3. The van der Waals surface area contributed by atoms with Gasteiger partial charge in [0.15, 0.2) is 11.5 Å². The molecule has 1 aromatic rings. The minimum atomic E-state index is -0.469. The Kier molecular flexibility index (Phi) is 2.83. The van der Waals surface area contributed by atoms with E-state index < -0.39 is 6.10 Å². The molecule has 0 fully saturated rings. The normalized spacial score (nSPS) is 24.6. The highest BCUT2D eigenvalue weighted by molar-refractivity contribution is 9.10. The molecule has 3 nitrogen and oxygen atoms in total. The lowest BCUT2D eigenvalue weighted by Crippen LogP contribution is -2.13. The second kappa shape index (κ2) is 4.14. The third kappa shape index (κ3) is 1.74. The van der Waals surface area contributed by atoms with Crippen molar-refractivity contribution in [1.82, 2.24) is 0 Å². The van der Waals surface area contributed by atoms with Crippen LogP contribution < -0.4 is 9.47 Å². The van der Waals surface area contributed by atoms with Crippen LogP contribution >= 0.6 is 15.9 Å². The molecule has 3 rings (SSSR count). The second-order valence-electron chi connectivity index (χ2n) is 5.63. The Morgan fingerprint density at radius 2 is 2.06 bits per heavy atom. The summed E-state index contributed by atoms with van der Waals surface area (Å²) in [5, 5.41) is 10.3. The van der Waals surface area contributed by atoms with Crippen LogP contribution in [0.15, 0.2) is 10.5 Å². The molecule has 0 bridgehead atoms. The first-order valence-corrected chi connectivity index (χ1v) is 7.10. The van der Waals surface area contributed by atoms with Gasteiger partial charge >= 0.3 is 0 Å². The molecule has 0 radical (unpaired) electrons. The summed E-state index contributed by atoms with van der Waals surface area (Å²) >= 11 is 3.61. The maximum absolute atomic E-state index is 10.3. The molecule has 1 heterocycles. The van der Waals surface area contributed by atoms with Crippen LogP contribution in [-0.2, 0) is 5.41 Å². The van der Waals surface area contributed by atoms with Crippen LogP contribution in [0.3, 0.4) is 0 Å². The minimum Gasteiger partial charge on any atom is -0.490 e. The lowest BCUT2D eigenvalue weighted by Gasteiger charge is -2.21. The summed E-state index contributed by atoms with van der Waals surface area (Å²) in [5.74, 6) is 1.48. The summed E-state index contributed by atoms with van der Waals surface area (Å²) in [6.45, 7) is 5.61. The molecule has 4 heteroatoms. The monoisotopic (exact) mass is 312 g/mol. The van der Waals surface area contributed by atoms with E-state index in [1.54, 1.807) is 0 Å². The highest BCUT2D eigenvalue weighted by Crippen LogP contribution is 2.54. The number of halogens is 1. The fourth-order valence-corrected chi connectivity index (χ4v) is 3.95. The third-order valence-corrected chi connectivity index (χ3v) is 4.37. The first-order valence-electron chi connectivity index (χ1n) is 6.31. The zero-order valence-electron chi connectivity index (χ0n) is 10.6. The van der Waals surface area contributed by atoms with Gasteiger partial charge in [0.05, 0.1) is 19.3 Å². The van der Waals surface area contributed by atoms with Crippen molar-refractivity contribution in [2.45, 2.75) is 38.2 Å². The molecule has 1 aliphatic carbocycles. The first kappa shape index (κ1) is 12.3. The number of aliphatic hydroxyl groups is 1. The van der Waals surface area contributed by atoms with Gasteiger partial charge in [-0.3, -0.25) is 0 Å². The van der Waals surface area contributed by atoms with Crippen molar-refractivity contribution in [3.63, 3.8) is 0 Å². The number of ether oxygens (including phenoxy) is 2. The molecule has 0 amide bonds. The Hall–Kier alpha value is -0.740. The Bertz CT molecular complexity index is 496. The van der Waals surface area contributed by atoms with Gasteiger partial charge in [-0.15, -0.1) is 0 Å². The summed E-state index contributed by atoms with van der Waals surface area (Å²) < 4.78 is 12.5. The number of benzene rings is 1. The fourth-order valence-electron chi connectivity index (χ4n) is 2.99. The standard InChI is InChI=1S/C14H17BrO3/c1-14(2)7-9(16)11-12(14)8(15)6-10-13(11)18-5-3-4-17-10/h6,9,16H,3-5,7H2,1-2H3. The Labute approximate surface area is 115 Å². The number of rotatable bonds is 0. The largest absolute Gasteiger partial charge is 0.490 e. The van der Waals surface area contributed by atoms with E-state index in [1.165, 1.54) is 0 Å². The predicted octanol–water partition coefficient (Wildman–Crippen LogP) is 3.33. The van der Waals surface area contributed by atoms with Crippen LogP contribution in [-0.4, -0.2) is 18.3 Å². The van der Waals surface area contributed by atoms with Crippen molar-refractivity contribution in [3.8, 4) is 11.5 Å². The van der Waals surface area contributed by atoms with Crippen LogP contribution in [0.25, 0.3) is 0 Å². The van der Waals surface area contributed by atoms with Gasteiger partial charge in [0.2, 0.25) is 0 Å². The maximum atomic E-state index is 10.3. The summed E-state index contributed by atoms with van der Waals surface area (Å²) in [6, 6.07) is 1.97. The molecule has 0 saturated heterocycles. The third-order valence-electron chi connectivity index (χ3n) is 3.74. The van der Waals surface area contributed by atoms with E-state index in [1.807, 2.05) is 6.07 Å². The highest BCUT2D eigenvalue weighted by atomic mass is 79.9. The zero-order chi connectivity index (χ0) is 12.9. The van der Waals surface area contributed by atoms with Gasteiger partial charge in [0.25, 0.3) is 0 Å². The summed E-state index contributed by atoms with van der Waals surface area (Å²) in [4.78, 5) is 0. The van der Waals surface area contributed by atoms with Crippen molar-refractivity contribution < 1.29 is 14.6 Å². The molecule has 1 unspecified atom stereocenters. The minimum absolute atomic E-state index is 0.0434. The molecule has 0 aromatic heterocycles. The van der Waals surface area contributed by atoms with E-state index in [-0.39, 0.29) is 5.41 Å². The molecule has 98 valence electrons. The van der Waals surface area contributed by atoms with Gasteiger partial charge in [0, 0.05) is 16.5 Å². The van der Waals surface area contributed by atoms with Gasteiger partial charge in [0.1, 0.15) is 0 Å². The molecule has 18 heavy (non-hydrogen) atoms. The van der Waals surface area contributed by atoms with E-state index in [0.29, 0.717) is 13.2 Å². The lowest BCUT2D eigenvalue weighted by atomic mass is 9.86. The Balaban J connectivity index is 2.25. The van der Waals surface area contributed by atoms with E-state index in [0.717, 1.165) is 39.9 Å². The maximum Gasteiger partial charge on any atom is 0.167 e. The Morgan fingerprint density at radius 3 is 2.83 bits per heavy atom. The molecule has 1 N–H and O–H groups in total. The SMILES string of the molecule is CC1(C)CC(O)c2c3c(cc(Br)c21)OCCCO3. The van der Waals surface area contributed by atoms with E-state index in [4.69, 9.17) is 9.47 Å².